The number of aryl methyl sites for hydroxylation is 2. The van der Waals surface area contributed by atoms with Crippen LogP contribution < -0.4 is 4.74 Å². The maximum Gasteiger partial charge on any atom is 0.347 e. The molecule has 0 saturated carbocycles. The third kappa shape index (κ3) is 2.78. The van der Waals surface area contributed by atoms with E-state index in [-0.39, 0.29) is 0 Å². The summed E-state index contributed by atoms with van der Waals surface area (Å²) < 4.78 is 7.57. The number of aromatic carboxylic acids is 1. The lowest BCUT2D eigenvalue weighted by atomic mass is 10.1. The number of rotatable bonds is 6. The van der Waals surface area contributed by atoms with Crippen molar-refractivity contribution >= 4 is 22.3 Å². The number of hydrogen-bond donors (Lipinski definition) is 1. The highest BCUT2D eigenvalue weighted by Crippen LogP contribution is 2.32. The summed E-state index contributed by atoms with van der Waals surface area (Å²) in [7, 11) is 0. The van der Waals surface area contributed by atoms with E-state index >= 15 is 0 Å². The number of ether oxygens (including phenoxy) is 1. The van der Waals surface area contributed by atoms with Crippen LogP contribution in [-0.4, -0.2) is 27.1 Å². The molecule has 6 heteroatoms. The van der Waals surface area contributed by atoms with Gasteiger partial charge < -0.3 is 9.84 Å². The summed E-state index contributed by atoms with van der Waals surface area (Å²) in [5, 5.41) is 9.35. The largest absolute Gasteiger partial charge is 0.494 e. The number of carbonyl (C=O) groups is 1. The highest BCUT2D eigenvalue weighted by atomic mass is 32.1. The molecule has 2 heterocycles. The first-order valence-electron chi connectivity index (χ1n) is 8.04. The second-order valence-corrected chi connectivity index (χ2v) is 6.55. The summed E-state index contributed by atoms with van der Waals surface area (Å²) >= 11 is 1.23. The molecule has 0 radical (unpaired) electrons. The summed E-state index contributed by atoms with van der Waals surface area (Å²) in [6.45, 7) is 6.73. The fourth-order valence-corrected chi connectivity index (χ4v) is 3.90. The van der Waals surface area contributed by atoms with E-state index in [2.05, 4.69) is 11.9 Å². The van der Waals surface area contributed by atoms with Crippen molar-refractivity contribution in [2.45, 2.75) is 33.6 Å². The normalized spacial score (nSPS) is 11.1. The minimum absolute atomic E-state index is 0.373. The minimum atomic E-state index is -0.888. The summed E-state index contributed by atoms with van der Waals surface area (Å²) in [6.07, 6.45) is 1.63. The second kappa shape index (κ2) is 6.65. The number of carboxylic acid groups (broad SMARTS) is 1. The van der Waals surface area contributed by atoms with E-state index in [0.717, 1.165) is 39.8 Å². The third-order valence-electron chi connectivity index (χ3n) is 3.93. The first-order chi connectivity index (χ1) is 11.6. The fraction of sp³-hybridized carbons (Fsp3) is 0.333. The molecule has 0 aliphatic heterocycles. The van der Waals surface area contributed by atoms with Crippen molar-refractivity contribution in [2.75, 3.05) is 6.61 Å². The number of thiazole rings is 1. The minimum Gasteiger partial charge on any atom is -0.494 e. The van der Waals surface area contributed by atoms with Crippen LogP contribution in [-0.2, 0) is 6.42 Å². The lowest BCUT2D eigenvalue weighted by Crippen LogP contribution is -2.01. The van der Waals surface area contributed by atoms with Crippen LogP contribution in [0.3, 0.4) is 0 Å². The number of fused-ring (bicyclic) bond motifs is 1. The molecule has 0 aliphatic carbocycles. The molecule has 0 bridgehead atoms. The smallest absolute Gasteiger partial charge is 0.347 e. The molecule has 3 aromatic rings. The predicted octanol–water partition coefficient (Wildman–Crippen LogP) is 4.42. The average molecular weight is 344 g/mol. The van der Waals surface area contributed by atoms with Crippen molar-refractivity contribution in [2.24, 2.45) is 0 Å². The zero-order valence-corrected chi connectivity index (χ0v) is 14.8. The molecule has 24 heavy (non-hydrogen) atoms. The van der Waals surface area contributed by atoms with Crippen LogP contribution in [0.5, 0.6) is 5.75 Å². The predicted molar refractivity (Wildman–Crippen MR) is 95.4 cm³/mol. The summed E-state index contributed by atoms with van der Waals surface area (Å²) in [5.41, 5.74) is 3.66. The van der Waals surface area contributed by atoms with Crippen LogP contribution in [0.15, 0.2) is 24.3 Å². The van der Waals surface area contributed by atoms with Crippen LogP contribution in [0.2, 0.25) is 0 Å². The molecule has 2 aromatic heterocycles. The standard InChI is InChI=1S/C18H20N2O3S/c1-4-10-23-13-8-6-12(7-9-13)15-11(3)20-14(5-2)16(17(21)22)24-18(20)19-15/h6-9H,4-5,10H2,1-3H3,(H,21,22). The van der Waals surface area contributed by atoms with Crippen LogP contribution >= 0.6 is 11.3 Å². The van der Waals surface area contributed by atoms with Crippen LogP contribution in [0.25, 0.3) is 16.2 Å². The van der Waals surface area contributed by atoms with Gasteiger partial charge in [0.2, 0.25) is 0 Å². The Morgan fingerprint density at radius 2 is 2.00 bits per heavy atom. The van der Waals surface area contributed by atoms with Gasteiger partial charge in [-0.15, -0.1) is 0 Å². The highest BCUT2D eigenvalue weighted by molar-refractivity contribution is 7.19. The Morgan fingerprint density at radius 3 is 2.58 bits per heavy atom. The molecule has 0 fully saturated rings. The fourth-order valence-electron chi connectivity index (χ4n) is 2.80. The molecule has 1 aromatic carbocycles. The van der Waals surface area contributed by atoms with E-state index in [1.54, 1.807) is 0 Å². The third-order valence-corrected chi connectivity index (χ3v) is 5.00. The molecule has 0 atom stereocenters. The van der Waals surface area contributed by atoms with Crippen LogP contribution in [0, 0.1) is 6.92 Å². The first kappa shape index (κ1) is 16.5. The first-order valence-corrected chi connectivity index (χ1v) is 8.85. The van der Waals surface area contributed by atoms with Crippen molar-refractivity contribution in [1.29, 1.82) is 0 Å². The molecule has 0 unspecified atom stereocenters. The average Bonchev–Trinajstić information content (AvgIpc) is 3.10. The van der Waals surface area contributed by atoms with E-state index in [1.165, 1.54) is 11.3 Å². The molecule has 0 aliphatic rings. The van der Waals surface area contributed by atoms with Gasteiger partial charge in [-0.3, -0.25) is 4.40 Å². The summed E-state index contributed by atoms with van der Waals surface area (Å²) in [4.78, 5) is 17.2. The number of aromatic nitrogens is 2. The van der Waals surface area contributed by atoms with Crippen molar-refractivity contribution in [3.8, 4) is 17.0 Å². The Labute approximate surface area is 144 Å². The van der Waals surface area contributed by atoms with Crippen molar-refractivity contribution in [3.05, 3.63) is 40.5 Å². The van der Waals surface area contributed by atoms with Gasteiger partial charge in [-0.1, -0.05) is 25.2 Å². The molecule has 5 nitrogen and oxygen atoms in total. The monoisotopic (exact) mass is 344 g/mol. The number of benzene rings is 1. The Kier molecular flexibility index (Phi) is 4.57. The van der Waals surface area contributed by atoms with E-state index in [9.17, 15) is 9.90 Å². The number of carboxylic acids is 1. The van der Waals surface area contributed by atoms with Crippen LogP contribution in [0.1, 0.15) is 41.3 Å². The zero-order valence-electron chi connectivity index (χ0n) is 14.0. The molecule has 3 rings (SSSR count). The van der Waals surface area contributed by atoms with Crippen LogP contribution in [0.4, 0.5) is 0 Å². The molecule has 0 amide bonds. The van der Waals surface area contributed by atoms with Gasteiger partial charge in [0.1, 0.15) is 10.6 Å². The molecule has 0 spiro atoms. The van der Waals surface area contributed by atoms with Gasteiger partial charge in [0.15, 0.2) is 4.96 Å². The van der Waals surface area contributed by atoms with Crippen molar-refractivity contribution in [3.63, 3.8) is 0 Å². The summed E-state index contributed by atoms with van der Waals surface area (Å²) in [6, 6.07) is 7.88. The topological polar surface area (TPSA) is 63.8 Å². The maximum atomic E-state index is 11.4. The van der Waals surface area contributed by atoms with Crippen molar-refractivity contribution < 1.29 is 14.6 Å². The Bertz CT molecular complexity index is 878. The Balaban J connectivity index is 2.03. The number of imidazole rings is 1. The lowest BCUT2D eigenvalue weighted by Gasteiger charge is -2.06. The molecule has 1 N–H and O–H groups in total. The molecule has 0 saturated heterocycles. The molecule has 126 valence electrons. The van der Waals surface area contributed by atoms with Gasteiger partial charge in [0.25, 0.3) is 0 Å². The van der Waals surface area contributed by atoms with Gasteiger partial charge in [-0.05, 0) is 44.0 Å². The summed E-state index contributed by atoms with van der Waals surface area (Å²) in [5.74, 6) is -0.0394. The van der Waals surface area contributed by atoms with E-state index in [4.69, 9.17) is 4.74 Å². The van der Waals surface area contributed by atoms with E-state index in [1.807, 2.05) is 42.5 Å². The highest BCUT2D eigenvalue weighted by Gasteiger charge is 2.21. The Hall–Kier alpha value is -2.34. The maximum absolute atomic E-state index is 11.4. The van der Waals surface area contributed by atoms with E-state index in [0.29, 0.717) is 17.9 Å². The zero-order chi connectivity index (χ0) is 17.3. The quantitative estimate of drug-likeness (QED) is 0.719. The van der Waals surface area contributed by atoms with Gasteiger partial charge >= 0.3 is 5.97 Å². The number of hydrogen-bond acceptors (Lipinski definition) is 4. The SMILES string of the molecule is CCCOc1ccc(-c2nc3sc(C(=O)O)c(CC)n3c2C)cc1. The number of nitrogens with zero attached hydrogens (tertiary/aromatic N) is 2. The molecular weight excluding hydrogens is 324 g/mol. The molecular formula is C18H20N2O3S. The Morgan fingerprint density at radius 1 is 1.29 bits per heavy atom. The van der Waals surface area contributed by atoms with Crippen molar-refractivity contribution in [1.82, 2.24) is 9.38 Å². The van der Waals surface area contributed by atoms with E-state index < -0.39 is 5.97 Å². The van der Waals surface area contributed by atoms with Gasteiger partial charge in [0.05, 0.1) is 12.3 Å². The second-order valence-electron chi connectivity index (χ2n) is 5.57. The van der Waals surface area contributed by atoms with Gasteiger partial charge in [-0.25, -0.2) is 9.78 Å². The van der Waals surface area contributed by atoms with Gasteiger partial charge in [0, 0.05) is 17.0 Å². The lowest BCUT2D eigenvalue weighted by molar-refractivity contribution is 0.0700. The van der Waals surface area contributed by atoms with Gasteiger partial charge in [-0.2, -0.15) is 0 Å².